The molecule has 7 nitrogen and oxygen atoms in total. The lowest BCUT2D eigenvalue weighted by molar-refractivity contribution is 0.107. The zero-order valence-corrected chi connectivity index (χ0v) is 25.2. The maximum atomic E-state index is 17.1. The SMILES string of the molecule is C#Cc1c(F)ccc2cc(N)cc(-c3c(F)c4c5c(nc(OC[C@@]67CCCN6C[C@H](F)C7)nc5c3F)N3CCCOC[C@@H]3CC4)c12. The number of terminal acetylenes is 1. The zero-order chi connectivity index (χ0) is 31.7. The highest BCUT2D eigenvalue weighted by Gasteiger charge is 2.49. The third-order valence-corrected chi connectivity index (χ3v) is 10.3. The molecule has 2 N–H and O–H groups in total. The van der Waals surface area contributed by atoms with Gasteiger partial charge in [-0.1, -0.05) is 12.0 Å². The average Bonchev–Trinajstić information content (AvgIpc) is 3.38. The molecule has 8 rings (SSSR count). The Labute approximate surface area is 263 Å². The lowest BCUT2D eigenvalue weighted by atomic mass is 9.90. The second-order valence-electron chi connectivity index (χ2n) is 12.9. The van der Waals surface area contributed by atoms with Gasteiger partial charge in [-0.2, -0.15) is 9.97 Å². The van der Waals surface area contributed by atoms with E-state index in [9.17, 15) is 8.78 Å². The molecule has 3 saturated heterocycles. The number of nitrogens with two attached hydrogens (primary N) is 1. The molecule has 3 atom stereocenters. The number of rotatable bonds is 4. The second kappa shape index (κ2) is 11.0. The molecule has 0 aliphatic carbocycles. The van der Waals surface area contributed by atoms with Gasteiger partial charge in [0.1, 0.15) is 35.7 Å². The van der Waals surface area contributed by atoms with Crippen molar-refractivity contribution in [3.05, 3.63) is 52.8 Å². The number of aromatic nitrogens is 2. The van der Waals surface area contributed by atoms with Crippen LogP contribution >= 0.6 is 0 Å². The number of alkyl halides is 1. The van der Waals surface area contributed by atoms with Crippen molar-refractivity contribution in [2.24, 2.45) is 0 Å². The highest BCUT2D eigenvalue weighted by atomic mass is 19.1. The van der Waals surface area contributed by atoms with Crippen LogP contribution in [0.1, 0.15) is 43.2 Å². The van der Waals surface area contributed by atoms with E-state index in [1.165, 1.54) is 18.2 Å². The molecule has 0 amide bonds. The summed E-state index contributed by atoms with van der Waals surface area (Å²) >= 11 is 0. The molecular formula is C35H33F4N5O2. The Bertz CT molecular complexity index is 1950. The van der Waals surface area contributed by atoms with Gasteiger partial charge in [0, 0.05) is 42.8 Å². The normalized spacial score (nSPS) is 24.5. The van der Waals surface area contributed by atoms with Crippen LogP contribution in [0.2, 0.25) is 0 Å². The van der Waals surface area contributed by atoms with Crippen molar-refractivity contribution in [1.29, 1.82) is 0 Å². The van der Waals surface area contributed by atoms with E-state index >= 15 is 8.78 Å². The molecule has 0 unspecified atom stereocenters. The summed E-state index contributed by atoms with van der Waals surface area (Å²) in [4.78, 5) is 13.5. The fourth-order valence-corrected chi connectivity index (χ4v) is 8.19. The Balaban J connectivity index is 1.36. The summed E-state index contributed by atoms with van der Waals surface area (Å²) < 4.78 is 75.6. The van der Waals surface area contributed by atoms with Gasteiger partial charge in [-0.25, -0.2) is 17.6 Å². The Hall–Kier alpha value is -4.14. The highest BCUT2D eigenvalue weighted by molar-refractivity contribution is 6.06. The van der Waals surface area contributed by atoms with E-state index in [2.05, 4.69) is 15.8 Å². The predicted molar refractivity (Wildman–Crippen MR) is 168 cm³/mol. The number of anilines is 2. The van der Waals surface area contributed by atoms with E-state index in [0.717, 1.165) is 19.4 Å². The van der Waals surface area contributed by atoms with Crippen LogP contribution in [0.15, 0.2) is 24.3 Å². The van der Waals surface area contributed by atoms with Crippen LogP contribution in [0.5, 0.6) is 6.01 Å². The summed E-state index contributed by atoms with van der Waals surface area (Å²) in [5, 5.41) is 0.915. The van der Waals surface area contributed by atoms with Crippen molar-refractivity contribution in [2.45, 2.75) is 56.3 Å². The first-order chi connectivity index (χ1) is 22.3. The minimum Gasteiger partial charge on any atom is -0.461 e. The summed E-state index contributed by atoms with van der Waals surface area (Å²) in [5.41, 5.74) is 5.67. The molecule has 11 heteroatoms. The van der Waals surface area contributed by atoms with Gasteiger partial charge < -0.3 is 20.1 Å². The van der Waals surface area contributed by atoms with Crippen molar-refractivity contribution in [1.82, 2.24) is 14.9 Å². The van der Waals surface area contributed by atoms with Gasteiger partial charge >= 0.3 is 6.01 Å². The van der Waals surface area contributed by atoms with Crippen molar-refractivity contribution < 1.29 is 27.0 Å². The third-order valence-electron chi connectivity index (χ3n) is 10.3. The number of hydrogen-bond acceptors (Lipinski definition) is 7. The molecule has 4 aromatic rings. The quantitative estimate of drug-likeness (QED) is 0.170. The Morgan fingerprint density at radius 1 is 1.11 bits per heavy atom. The third kappa shape index (κ3) is 4.48. The number of nitrogens with zero attached hydrogens (tertiary/aromatic N) is 4. The summed E-state index contributed by atoms with van der Waals surface area (Å²) in [5.74, 6) is 0.324. The summed E-state index contributed by atoms with van der Waals surface area (Å²) in [6, 6.07) is 5.52. The standard InChI is InChI=1S/C35H33F4N5O2/c1-2-23-26(37)8-5-19-13-21(40)14-25(27(19)23)28-30(38)24-7-6-22-17-45-12-4-11-44(22)33-29(24)32(31(28)39)41-34(42-33)46-18-35-9-3-10-43(35)16-20(36)15-35/h1,5,8,13-14,20,22H,3-4,6-7,9-12,15-18,40H2/t20-,22+,35+/m1/s1. The van der Waals surface area contributed by atoms with Crippen LogP contribution in [0.4, 0.5) is 29.1 Å². The molecule has 1 aromatic heterocycles. The molecule has 238 valence electrons. The first-order valence-corrected chi connectivity index (χ1v) is 15.8. The van der Waals surface area contributed by atoms with Crippen molar-refractivity contribution >= 4 is 33.2 Å². The van der Waals surface area contributed by atoms with E-state index in [1.54, 1.807) is 6.07 Å². The van der Waals surface area contributed by atoms with Gasteiger partial charge in [0.05, 0.1) is 34.7 Å². The van der Waals surface area contributed by atoms with Gasteiger partial charge in [-0.3, -0.25) is 4.90 Å². The molecule has 5 heterocycles. The molecule has 0 saturated carbocycles. The van der Waals surface area contributed by atoms with Crippen LogP contribution in [0.25, 0.3) is 32.8 Å². The molecule has 46 heavy (non-hydrogen) atoms. The monoisotopic (exact) mass is 631 g/mol. The number of aryl methyl sites for hydroxylation is 1. The van der Waals surface area contributed by atoms with Crippen molar-refractivity contribution in [3.63, 3.8) is 0 Å². The summed E-state index contributed by atoms with van der Waals surface area (Å²) in [7, 11) is 0. The minimum absolute atomic E-state index is 0.0424. The number of hydrogen-bond donors (Lipinski definition) is 1. The fraction of sp³-hybridized carbons (Fsp3) is 0.429. The summed E-state index contributed by atoms with van der Waals surface area (Å²) in [6.07, 6.45) is 8.34. The van der Waals surface area contributed by atoms with Crippen LogP contribution in [-0.4, -0.2) is 72.1 Å². The Morgan fingerprint density at radius 3 is 2.83 bits per heavy atom. The van der Waals surface area contributed by atoms with Gasteiger partial charge in [-0.05, 0) is 67.8 Å². The molecule has 4 aliphatic heterocycles. The van der Waals surface area contributed by atoms with Crippen LogP contribution in [0, 0.1) is 29.8 Å². The largest absolute Gasteiger partial charge is 0.461 e. The maximum Gasteiger partial charge on any atom is 0.319 e. The van der Waals surface area contributed by atoms with E-state index < -0.39 is 29.2 Å². The number of halogens is 4. The Morgan fingerprint density at radius 2 is 1.98 bits per heavy atom. The van der Waals surface area contributed by atoms with E-state index in [1.807, 2.05) is 4.90 Å². The molecule has 0 radical (unpaired) electrons. The topological polar surface area (TPSA) is 76.7 Å². The second-order valence-corrected chi connectivity index (χ2v) is 12.9. The van der Waals surface area contributed by atoms with Crippen LogP contribution < -0.4 is 15.4 Å². The first kappa shape index (κ1) is 29.3. The summed E-state index contributed by atoms with van der Waals surface area (Å²) in [6.45, 7) is 2.85. The maximum absolute atomic E-state index is 17.1. The van der Waals surface area contributed by atoms with E-state index in [4.69, 9.17) is 26.6 Å². The van der Waals surface area contributed by atoms with Gasteiger partial charge in [0.25, 0.3) is 0 Å². The Kier molecular flexibility index (Phi) is 6.99. The molecule has 3 aromatic carbocycles. The molecule has 0 bridgehead atoms. The van der Waals surface area contributed by atoms with Crippen LogP contribution in [0.3, 0.4) is 0 Å². The average molecular weight is 632 g/mol. The van der Waals surface area contributed by atoms with Crippen molar-refractivity contribution in [3.8, 4) is 29.5 Å². The number of benzene rings is 3. The minimum atomic E-state index is -0.946. The molecule has 0 spiro atoms. The van der Waals surface area contributed by atoms with Crippen molar-refractivity contribution in [2.75, 3.05) is 50.1 Å². The lowest BCUT2D eigenvalue weighted by Gasteiger charge is -2.31. The number of fused-ring (bicyclic) bond motifs is 4. The fourth-order valence-electron chi connectivity index (χ4n) is 8.19. The predicted octanol–water partition coefficient (Wildman–Crippen LogP) is 5.93. The lowest BCUT2D eigenvalue weighted by Crippen LogP contribution is -2.43. The number of nitrogen functional groups attached to an aromatic ring is 1. The van der Waals surface area contributed by atoms with E-state index in [-0.39, 0.29) is 69.3 Å². The highest BCUT2D eigenvalue weighted by Crippen LogP contribution is 2.46. The van der Waals surface area contributed by atoms with E-state index in [0.29, 0.717) is 56.8 Å². The molecule has 4 aliphatic rings. The zero-order valence-electron chi connectivity index (χ0n) is 25.2. The van der Waals surface area contributed by atoms with Gasteiger partial charge in [0.15, 0.2) is 5.82 Å². The van der Waals surface area contributed by atoms with Gasteiger partial charge in [0.2, 0.25) is 0 Å². The molecular weight excluding hydrogens is 598 g/mol. The van der Waals surface area contributed by atoms with Crippen LogP contribution in [-0.2, 0) is 11.2 Å². The first-order valence-electron chi connectivity index (χ1n) is 15.8. The van der Waals surface area contributed by atoms with Gasteiger partial charge in [-0.15, -0.1) is 6.42 Å². The smallest absolute Gasteiger partial charge is 0.319 e. The molecule has 3 fully saturated rings. The number of ether oxygens (including phenoxy) is 2.